The van der Waals surface area contributed by atoms with E-state index in [9.17, 15) is 8.42 Å². The van der Waals surface area contributed by atoms with E-state index in [-0.39, 0.29) is 0 Å². The summed E-state index contributed by atoms with van der Waals surface area (Å²) in [6.45, 7) is 0. The zero-order valence-electron chi connectivity index (χ0n) is 18.9. The molecule has 1 atom stereocenters. The Hall–Kier alpha value is -3.91. The van der Waals surface area contributed by atoms with Crippen LogP contribution in [-0.2, 0) is 10.0 Å². The minimum atomic E-state index is -3.62. The van der Waals surface area contributed by atoms with Gasteiger partial charge >= 0.3 is 0 Å². The average molecular weight is 473 g/mol. The molecule has 0 bridgehead atoms. The summed E-state index contributed by atoms with van der Waals surface area (Å²) in [4.78, 5) is 0. The second-order valence-corrected chi connectivity index (χ2v) is 9.95. The van der Waals surface area contributed by atoms with E-state index in [1.165, 1.54) is 10.7 Å². The highest BCUT2D eigenvalue weighted by Gasteiger charge is 2.37. The molecule has 1 aliphatic rings. The summed E-state index contributed by atoms with van der Waals surface area (Å²) in [5, 5.41) is 9.41. The van der Waals surface area contributed by atoms with E-state index in [1.54, 1.807) is 11.8 Å². The molecule has 0 aliphatic carbocycles. The first kappa shape index (κ1) is 21.9. The van der Waals surface area contributed by atoms with Crippen LogP contribution in [0, 0.1) is 0 Å². The molecule has 0 fully saturated rings. The lowest BCUT2D eigenvalue weighted by Crippen LogP contribution is -2.26. The van der Waals surface area contributed by atoms with Gasteiger partial charge in [-0.2, -0.15) is 14.6 Å². The Bertz CT molecular complexity index is 1430. The second kappa shape index (κ2) is 8.79. The maximum Gasteiger partial charge on any atom is 0.247 e. The molecule has 7 nitrogen and oxygen atoms in total. The van der Waals surface area contributed by atoms with Crippen molar-refractivity contribution in [1.29, 1.82) is 0 Å². The second-order valence-electron chi connectivity index (χ2n) is 8.11. The van der Waals surface area contributed by atoms with Crippen LogP contribution in [0.5, 0.6) is 5.75 Å². The fraction of sp³-hybridized carbons (Fsp3) is 0.154. The first-order chi connectivity index (χ1) is 16.4. The van der Waals surface area contributed by atoms with E-state index >= 15 is 0 Å². The predicted octanol–water partition coefficient (Wildman–Crippen LogP) is 4.66. The quantitative estimate of drug-likeness (QED) is 0.409. The van der Waals surface area contributed by atoms with Crippen LogP contribution >= 0.6 is 0 Å². The van der Waals surface area contributed by atoms with Gasteiger partial charge in [0.2, 0.25) is 10.0 Å². The number of hydrazone groups is 1. The molecule has 0 N–H and O–H groups in total. The van der Waals surface area contributed by atoms with E-state index in [4.69, 9.17) is 9.84 Å². The highest BCUT2D eigenvalue weighted by Crippen LogP contribution is 2.39. The van der Waals surface area contributed by atoms with Crippen LogP contribution in [-0.4, -0.2) is 41.7 Å². The van der Waals surface area contributed by atoms with Crippen molar-refractivity contribution >= 4 is 15.7 Å². The van der Waals surface area contributed by atoms with Crippen LogP contribution in [0.25, 0.3) is 16.9 Å². The molecule has 172 valence electrons. The monoisotopic (exact) mass is 472 g/mol. The topological polar surface area (TPSA) is 76.8 Å². The highest BCUT2D eigenvalue weighted by atomic mass is 32.2. The molecule has 5 rings (SSSR count). The summed E-state index contributed by atoms with van der Waals surface area (Å²) in [7, 11) is -2.00. The van der Waals surface area contributed by atoms with Gasteiger partial charge in [-0.05, 0) is 42.0 Å². The fourth-order valence-corrected chi connectivity index (χ4v) is 5.05. The SMILES string of the molecule is COc1ccc(-c2nn(-c3ccccc3)cc2C2CC(c3ccccc3)=NN2S(C)(=O)=O)cc1. The van der Waals surface area contributed by atoms with Crippen LogP contribution in [0.3, 0.4) is 0 Å². The summed E-state index contributed by atoms with van der Waals surface area (Å²) in [5.74, 6) is 0.737. The van der Waals surface area contributed by atoms with Crippen molar-refractivity contribution in [2.45, 2.75) is 12.5 Å². The van der Waals surface area contributed by atoms with Crippen molar-refractivity contribution in [2.75, 3.05) is 13.4 Å². The molecule has 34 heavy (non-hydrogen) atoms. The summed E-state index contributed by atoms with van der Waals surface area (Å²) < 4.78 is 33.9. The minimum Gasteiger partial charge on any atom is -0.497 e. The van der Waals surface area contributed by atoms with Crippen molar-refractivity contribution in [2.24, 2.45) is 5.10 Å². The van der Waals surface area contributed by atoms with E-state index < -0.39 is 16.1 Å². The van der Waals surface area contributed by atoms with E-state index in [0.29, 0.717) is 12.1 Å². The Labute approximate surface area is 199 Å². The number of hydrogen-bond acceptors (Lipinski definition) is 5. The number of aromatic nitrogens is 2. The molecule has 0 spiro atoms. The summed E-state index contributed by atoms with van der Waals surface area (Å²) in [6.07, 6.45) is 3.54. The summed E-state index contributed by atoms with van der Waals surface area (Å²) >= 11 is 0. The maximum absolute atomic E-state index is 12.8. The lowest BCUT2D eigenvalue weighted by atomic mass is 9.97. The Morgan fingerprint density at radius 1 is 0.882 bits per heavy atom. The molecular weight excluding hydrogens is 448 g/mol. The van der Waals surface area contributed by atoms with Gasteiger partial charge in [-0.25, -0.2) is 13.1 Å². The number of hydrogen-bond donors (Lipinski definition) is 0. The van der Waals surface area contributed by atoms with Crippen LogP contribution in [0.1, 0.15) is 23.6 Å². The van der Waals surface area contributed by atoms with Gasteiger partial charge in [0.1, 0.15) is 5.75 Å². The van der Waals surface area contributed by atoms with Crippen LogP contribution < -0.4 is 4.74 Å². The van der Waals surface area contributed by atoms with Gasteiger partial charge in [0.05, 0.1) is 36.5 Å². The van der Waals surface area contributed by atoms with Gasteiger partial charge < -0.3 is 4.74 Å². The van der Waals surface area contributed by atoms with Crippen molar-refractivity contribution in [3.8, 4) is 22.7 Å². The fourth-order valence-electron chi connectivity index (χ4n) is 4.15. The first-order valence-corrected chi connectivity index (χ1v) is 12.7. The molecule has 3 aromatic carbocycles. The molecule has 1 unspecified atom stereocenters. The van der Waals surface area contributed by atoms with Crippen molar-refractivity contribution < 1.29 is 13.2 Å². The van der Waals surface area contributed by atoms with E-state index in [1.807, 2.05) is 91.1 Å². The third kappa shape index (κ3) is 4.20. The van der Waals surface area contributed by atoms with Gasteiger partial charge in [0, 0.05) is 23.7 Å². The van der Waals surface area contributed by atoms with Gasteiger partial charge in [-0.3, -0.25) is 0 Å². The number of para-hydroxylation sites is 1. The average Bonchev–Trinajstić information content (AvgIpc) is 3.50. The predicted molar refractivity (Wildman–Crippen MR) is 133 cm³/mol. The maximum atomic E-state index is 12.8. The molecule has 2 heterocycles. The lowest BCUT2D eigenvalue weighted by molar-refractivity contribution is 0.375. The molecule has 4 aromatic rings. The van der Waals surface area contributed by atoms with E-state index in [0.717, 1.165) is 33.8 Å². The Balaban J connectivity index is 1.64. The number of nitrogens with zero attached hydrogens (tertiary/aromatic N) is 4. The number of rotatable bonds is 6. The third-order valence-electron chi connectivity index (χ3n) is 5.81. The first-order valence-electron chi connectivity index (χ1n) is 10.9. The van der Waals surface area contributed by atoms with Gasteiger partial charge in [-0.15, -0.1) is 0 Å². The Morgan fingerprint density at radius 2 is 1.53 bits per heavy atom. The van der Waals surface area contributed by atoms with Crippen molar-refractivity contribution in [3.63, 3.8) is 0 Å². The Kier molecular flexibility index (Phi) is 5.67. The molecule has 0 saturated heterocycles. The van der Waals surface area contributed by atoms with Crippen LogP contribution in [0.2, 0.25) is 0 Å². The van der Waals surface area contributed by atoms with Crippen LogP contribution in [0.15, 0.2) is 96.2 Å². The molecule has 1 aromatic heterocycles. The molecular formula is C26H24N4O3S. The molecule has 1 aliphatic heterocycles. The highest BCUT2D eigenvalue weighted by molar-refractivity contribution is 7.88. The Morgan fingerprint density at radius 3 is 2.15 bits per heavy atom. The molecule has 0 amide bonds. The third-order valence-corrected chi connectivity index (χ3v) is 6.82. The zero-order chi connectivity index (χ0) is 23.7. The summed E-state index contributed by atoms with van der Waals surface area (Å²) in [5.41, 5.74) is 4.87. The molecule has 0 radical (unpaired) electrons. The normalized spacial score (nSPS) is 15.9. The molecule has 8 heteroatoms. The van der Waals surface area contributed by atoms with Crippen molar-refractivity contribution in [1.82, 2.24) is 14.2 Å². The van der Waals surface area contributed by atoms with Crippen LogP contribution in [0.4, 0.5) is 0 Å². The number of ether oxygens (including phenoxy) is 1. The number of benzene rings is 3. The smallest absolute Gasteiger partial charge is 0.247 e. The number of methoxy groups -OCH3 is 1. The zero-order valence-corrected chi connectivity index (χ0v) is 19.7. The minimum absolute atomic E-state index is 0.445. The van der Waals surface area contributed by atoms with Crippen molar-refractivity contribution in [3.05, 3.63) is 102 Å². The van der Waals surface area contributed by atoms with E-state index in [2.05, 4.69) is 5.10 Å². The lowest BCUT2D eigenvalue weighted by Gasteiger charge is -2.21. The summed E-state index contributed by atoms with van der Waals surface area (Å²) in [6, 6.07) is 26.5. The van der Waals surface area contributed by atoms with Gasteiger partial charge in [-0.1, -0.05) is 48.5 Å². The van der Waals surface area contributed by atoms with Gasteiger partial charge in [0.15, 0.2) is 0 Å². The van der Waals surface area contributed by atoms with Gasteiger partial charge in [0.25, 0.3) is 0 Å². The molecule has 0 saturated carbocycles. The standard InChI is InChI=1S/C26H24N4O3S/c1-33-22-15-13-20(14-16-22)26-23(18-29(28-26)21-11-7-4-8-12-21)25-17-24(19-9-5-3-6-10-19)27-30(25)34(2,31)32/h3-16,18,25H,17H2,1-2H3. The number of sulfonamides is 1. The largest absolute Gasteiger partial charge is 0.497 e.